The summed E-state index contributed by atoms with van der Waals surface area (Å²) in [7, 11) is 0. The fourth-order valence-corrected chi connectivity index (χ4v) is 3.92. The first-order valence-electron chi connectivity index (χ1n) is 9.65. The number of amidine groups is 1. The van der Waals surface area contributed by atoms with Gasteiger partial charge in [0.2, 0.25) is 0 Å². The van der Waals surface area contributed by atoms with Crippen LogP contribution in [0.25, 0.3) is 0 Å². The predicted octanol–water partition coefficient (Wildman–Crippen LogP) is 5.24. The van der Waals surface area contributed by atoms with Gasteiger partial charge in [-0.1, -0.05) is 23.9 Å². The zero-order chi connectivity index (χ0) is 19.8. The largest absolute Gasteiger partial charge is 0.494 e. The quantitative estimate of drug-likeness (QED) is 0.485. The molecule has 0 aromatic heterocycles. The number of ether oxygens (including phenoxy) is 2. The van der Waals surface area contributed by atoms with Gasteiger partial charge in [0.1, 0.15) is 11.5 Å². The van der Waals surface area contributed by atoms with Crippen molar-refractivity contribution in [3.8, 4) is 11.5 Å². The number of benzene rings is 2. The van der Waals surface area contributed by atoms with Crippen LogP contribution in [0.2, 0.25) is 0 Å². The molecule has 2 aromatic carbocycles. The number of para-hydroxylation sites is 2. The minimum atomic E-state index is 0. The normalized spacial score (nSPS) is 13.1. The summed E-state index contributed by atoms with van der Waals surface area (Å²) in [5.41, 5.74) is 1.53. The molecular weight excluding hydrogens is 452 g/mol. The molecule has 0 fully saturated rings. The number of nitrogens with zero attached hydrogens (tertiary/aromatic N) is 2. The van der Waals surface area contributed by atoms with Crippen LogP contribution in [0.1, 0.15) is 30.6 Å². The van der Waals surface area contributed by atoms with Crippen molar-refractivity contribution in [2.24, 2.45) is 4.99 Å². The maximum atomic E-state index is 13.0. The standard InChI is InChI=1S/C22H26N2O3S.BrH/c1-3-26-18-12-10-17(11-13-18)20(25)16-24(22-23-14-7-15-28-22)19-8-5-6-9-21(19)27-4-2;/h5-6,8-13H,3-4,7,14-16H2,1-2H3;1H. The molecule has 29 heavy (non-hydrogen) atoms. The number of hydrogen-bond donors (Lipinski definition) is 0. The topological polar surface area (TPSA) is 51.1 Å². The van der Waals surface area contributed by atoms with Gasteiger partial charge in [-0.25, -0.2) is 0 Å². The van der Waals surface area contributed by atoms with Crippen LogP contribution in [0, 0.1) is 0 Å². The number of aliphatic imine (C=N–C) groups is 1. The number of halogens is 1. The first-order valence-corrected chi connectivity index (χ1v) is 10.6. The average Bonchev–Trinajstić information content (AvgIpc) is 2.74. The lowest BCUT2D eigenvalue weighted by Crippen LogP contribution is -2.36. The lowest BCUT2D eigenvalue weighted by atomic mass is 10.1. The first-order chi connectivity index (χ1) is 13.7. The van der Waals surface area contributed by atoms with E-state index >= 15 is 0 Å². The molecule has 7 heteroatoms. The van der Waals surface area contributed by atoms with Crippen molar-refractivity contribution >= 4 is 45.4 Å². The van der Waals surface area contributed by atoms with Crippen LogP contribution in [0.4, 0.5) is 5.69 Å². The van der Waals surface area contributed by atoms with E-state index in [1.807, 2.05) is 67.3 Å². The maximum Gasteiger partial charge on any atom is 0.182 e. The molecule has 0 aliphatic carbocycles. The molecule has 1 aliphatic heterocycles. The summed E-state index contributed by atoms with van der Waals surface area (Å²) in [4.78, 5) is 19.7. The number of carbonyl (C=O) groups is 1. The number of carbonyl (C=O) groups excluding carboxylic acids is 1. The van der Waals surface area contributed by atoms with E-state index in [0.29, 0.717) is 18.8 Å². The summed E-state index contributed by atoms with van der Waals surface area (Å²) < 4.78 is 11.3. The predicted molar refractivity (Wildman–Crippen MR) is 127 cm³/mol. The lowest BCUT2D eigenvalue weighted by Gasteiger charge is -2.28. The van der Waals surface area contributed by atoms with Crippen LogP contribution in [0.5, 0.6) is 11.5 Å². The van der Waals surface area contributed by atoms with Gasteiger partial charge in [-0.3, -0.25) is 9.79 Å². The number of Topliss-reactive ketones (excluding diaryl/α,β-unsaturated/α-hetero) is 1. The summed E-state index contributed by atoms with van der Waals surface area (Å²) in [5, 5.41) is 0.873. The summed E-state index contributed by atoms with van der Waals surface area (Å²) in [5.74, 6) is 2.56. The average molecular weight is 479 g/mol. The minimum Gasteiger partial charge on any atom is -0.494 e. The van der Waals surface area contributed by atoms with Gasteiger partial charge in [0.25, 0.3) is 0 Å². The molecule has 5 nitrogen and oxygen atoms in total. The summed E-state index contributed by atoms with van der Waals surface area (Å²) >= 11 is 1.69. The van der Waals surface area contributed by atoms with Crippen LogP contribution >= 0.6 is 28.7 Å². The Bertz CT molecular complexity index is 827. The number of hydrogen-bond acceptors (Lipinski definition) is 6. The molecule has 0 radical (unpaired) electrons. The van der Waals surface area contributed by atoms with Gasteiger partial charge in [-0.15, -0.1) is 17.0 Å². The Hall–Kier alpha value is -1.99. The van der Waals surface area contributed by atoms with Gasteiger partial charge < -0.3 is 14.4 Å². The molecule has 0 saturated carbocycles. The zero-order valence-electron chi connectivity index (χ0n) is 16.8. The third-order valence-electron chi connectivity index (χ3n) is 4.26. The van der Waals surface area contributed by atoms with Crippen LogP contribution < -0.4 is 14.4 Å². The molecule has 0 atom stereocenters. The van der Waals surface area contributed by atoms with E-state index in [0.717, 1.165) is 41.1 Å². The Morgan fingerprint density at radius 1 is 1.07 bits per heavy atom. The van der Waals surface area contributed by atoms with Gasteiger partial charge in [0, 0.05) is 17.9 Å². The highest BCUT2D eigenvalue weighted by molar-refractivity contribution is 8.93. The number of rotatable bonds is 8. The summed E-state index contributed by atoms with van der Waals surface area (Å²) in [6.45, 7) is 6.06. The Kier molecular flexibility index (Phi) is 9.54. The smallest absolute Gasteiger partial charge is 0.182 e. The highest BCUT2D eigenvalue weighted by atomic mass is 79.9. The molecule has 3 rings (SSSR count). The molecule has 2 aromatic rings. The zero-order valence-corrected chi connectivity index (χ0v) is 19.3. The van der Waals surface area contributed by atoms with Crippen molar-refractivity contribution in [3.05, 3.63) is 54.1 Å². The molecule has 0 amide bonds. The second kappa shape index (κ2) is 11.9. The number of anilines is 1. The van der Waals surface area contributed by atoms with E-state index in [1.165, 1.54) is 0 Å². The van der Waals surface area contributed by atoms with Gasteiger partial charge in [0.05, 0.1) is 25.4 Å². The fraction of sp³-hybridized carbons (Fsp3) is 0.364. The molecule has 0 unspecified atom stereocenters. The third-order valence-corrected chi connectivity index (χ3v) is 5.36. The van der Waals surface area contributed by atoms with Crippen molar-refractivity contribution in [1.82, 2.24) is 0 Å². The highest BCUT2D eigenvalue weighted by Crippen LogP contribution is 2.31. The molecule has 0 N–H and O–H groups in total. The molecule has 0 spiro atoms. The molecule has 1 aliphatic rings. The molecule has 1 heterocycles. The lowest BCUT2D eigenvalue weighted by molar-refractivity contribution is 0.100. The molecular formula is C22H27BrN2O3S. The Morgan fingerprint density at radius 2 is 1.79 bits per heavy atom. The van der Waals surface area contributed by atoms with Gasteiger partial charge in [-0.05, 0) is 56.7 Å². The van der Waals surface area contributed by atoms with E-state index in [1.54, 1.807) is 11.8 Å². The second-order valence-corrected chi connectivity index (χ2v) is 7.30. The molecule has 0 saturated heterocycles. The van der Waals surface area contributed by atoms with Crippen LogP contribution in [-0.4, -0.2) is 43.0 Å². The van der Waals surface area contributed by atoms with Crippen molar-refractivity contribution < 1.29 is 14.3 Å². The van der Waals surface area contributed by atoms with Crippen molar-refractivity contribution in [2.75, 3.05) is 37.0 Å². The fourth-order valence-electron chi connectivity index (χ4n) is 2.96. The molecule has 0 bridgehead atoms. The number of ketones is 1. The number of thioether (sulfide) groups is 1. The van der Waals surface area contributed by atoms with E-state index in [4.69, 9.17) is 9.47 Å². The van der Waals surface area contributed by atoms with Crippen LogP contribution in [0.15, 0.2) is 53.5 Å². The SMILES string of the molecule is Br.CCOc1ccc(C(=O)CN(C2=NCCCS2)c2ccccc2OCC)cc1. The minimum absolute atomic E-state index is 0. The first kappa shape index (κ1) is 23.3. The summed E-state index contributed by atoms with van der Waals surface area (Å²) in [6, 6.07) is 15.1. The monoisotopic (exact) mass is 478 g/mol. The van der Waals surface area contributed by atoms with E-state index in [2.05, 4.69) is 4.99 Å². The van der Waals surface area contributed by atoms with Crippen molar-refractivity contribution in [3.63, 3.8) is 0 Å². The van der Waals surface area contributed by atoms with Gasteiger partial charge in [0.15, 0.2) is 11.0 Å². The van der Waals surface area contributed by atoms with Crippen LogP contribution in [0.3, 0.4) is 0 Å². The van der Waals surface area contributed by atoms with Crippen molar-refractivity contribution in [2.45, 2.75) is 20.3 Å². The second-order valence-electron chi connectivity index (χ2n) is 6.23. The highest BCUT2D eigenvalue weighted by Gasteiger charge is 2.23. The van der Waals surface area contributed by atoms with E-state index in [9.17, 15) is 4.79 Å². The van der Waals surface area contributed by atoms with Crippen LogP contribution in [-0.2, 0) is 0 Å². The molecule has 156 valence electrons. The Morgan fingerprint density at radius 3 is 2.45 bits per heavy atom. The van der Waals surface area contributed by atoms with E-state index < -0.39 is 0 Å². The maximum absolute atomic E-state index is 13.0. The Labute approximate surface area is 187 Å². The van der Waals surface area contributed by atoms with E-state index in [-0.39, 0.29) is 29.3 Å². The van der Waals surface area contributed by atoms with Gasteiger partial charge >= 0.3 is 0 Å². The third kappa shape index (κ3) is 6.24. The summed E-state index contributed by atoms with van der Waals surface area (Å²) in [6.07, 6.45) is 1.06. The van der Waals surface area contributed by atoms with Crippen molar-refractivity contribution in [1.29, 1.82) is 0 Å². The van der Waals surface area contributed by atoms with Gasteiger partial charge in [-0.2, -0.15) is 0 Å². The Balaban J connectivity index is 0.00000300.